The first kappa shape index (κ1) is 12.8. The Morgan fingerprint density at radius 3 is 3.06 bits per heavy atom. The molecule has 2 unspecified atom stereocenters. The van der Waals surface area contributed by atoms with Gasteiger partial charge in [-0.1, -0.05) is 0 Å². The molecule has 0 saturated carbocycles. The predicted molar refractivity (Wildman–Crippen MR) is 65.2 cm³/mol. The molecule has 0 aromatic carbocycles. The highest BCUT2D eigenvalue weighted by molar-refractivity contribution is 5.92. The third-order valence-electron chi connectivity index (χ3n) is 3.15. The summed E-state index contributed by atoms with van der Waals surface area (Å²) in [5.41, 5.74) is -0.0828. The van der Waals surface area contributed by atoms with Crippen molar-refractivity contribution in [2.24, 2.45) is 0 Å². The average molecular weight is 251 g/mol. The van der Waals surface area contributed by atoms with Gasteiger partial charge in [0.15, 0.2) is 0 Å². The fourth-order valence-corrected chi connectivity index (χ4v) is 2.35. The molecule has 1 aliphatic heterocycles. The molecule has 1 aliphatic rings. The normalized spacial score (nSPS) is 21.0. The molecule has 6 heteroatoms. The van der Waals surface area contributed by atoms with Crippen molar-refractivity contribution >= 4 is 5.91 Å². The van der Waals surface area contributed by atoms with Crippen molar-refractivity contribution in [1.82, 2.24) is 15.1 Å². The molecule has 1 aromatic rings. The molecule has 2 N–H and O–H groups in total. The number of carbonyl (C=O) groups is 1. The van der Waals surface area contributed by atoms with Crippen LogP contribution in [0.4, 0.5) is 0 Å². The maximum absolute atomic E-state index is 12.2. The highest BCUT2D eigenvalue weighted by Crippen LogP contribution is 2.22. The molecule has 1 amide bonds. The quantitative estimate of drug-likeness (QED) is 0.800. The second-order valence-corrected chi connectivity index (χ2v) is 4.69. The Bertz CT molecular complexity index is 463. The van der Waals surface area contributed by atoms with Crippen molar-refractivity contribution in [3.63, 3.8) is 0 Å². The summed E-state index contributed by atoms with van der Waals surface area (Å²) >= 11 is 0. The van der Waals surface area contributed by atoms with Gasteiger partial charge in [-0.2, -0.15) is 5.10 Å². The molecule has 2 atom stereocenters. The molecule has 6 nitrogen and oxygen atoms in total. The molecule has 0 radical (unpaired) electrons. The Hall–Kier alpha value is -1.69. The fourth-order valence-electron chi connectivity index (χ4n) is 2.35. The molecular weight excluding hydrogens is 234 g/mol. The zero-order chi connectivity index (χ0) is 13.1. The van der Waals surface area contributed by atoms with E-state index in [0.29, 0.717) is 13.0 Å². The van der Waals surface area contributed by atoms with Crippen molar-refractivity contribution < 1.29 is 9.90 Å². The molecular formula is C12H17N3O3. The molecule has 18 heavy (non-hydrogen) atoms. The van der Waals surface area contributed by atoms with Gasteiger partial charge in [-0.3, -0.25) is 9.59 Å². The van der Waals surface area contributed by atoms with E-state index in [0.717, 1.165) is 12.8 Å². The summed E-state index contributed by atoms with van der Waals surface area (Å²) in [6.45, 7) is 2.40. The van der Waals surface area contributed by atoms with Crippen LogP contribution < -0.4 is 5.56 Å². The largest absolute Gasteiger partial charge is 0.393 e. The monoisotopic (exact) mass is 251 g/mol. The molecule has 1 aromatic heterocycles. The molecule has 2 heterocycles. The topological polar surface area (TPSA) is 86.3 Å². The summed E-state index contributed by atoms with van der Waals surface area (Å²) in [5, 5.41) is 15.4. The predicted octanol–water partition coefficient (Wildman–Crippen LogP) is 0.145. The van der Waals surface area contributed by atoms with Crippen molar-refractivity contribution in [1.29, 1.82) is 0 Å². The van der Waals surface area contributed by atoms with E-state index in [-0.39, 0.29) is 23.2 Å². The van der Waals surface area contributed by atoms with E-state index in [1.54, 1.807) is 11.8 Å². The van der Waals surface area contributed by atoms with Crippen molar-refractivity contribution in [2.45, 2.75) is 38.3 Å². The van der Waals surface area contributed by atoms with Crippen LogP contribution in [-0.2, 0) is 0 Å². The van der Waals surface area contributed by atoms with E-state index in [1.807, 2.05) is 0 Å². The summed E-state index contributed by atoms with van der Waals surface area (Å²) in [5.74, 6) is -0.186. The maximum Gasteiger partial charge on any atom is 0.274 e. The third kappa shape index (κ3) is 2.76. The highest BCUT2D eigenvalue weighted by Gasteiger charge is 2.30. The van der Waals surface area contributed by atoms with E-state index in [2.05, 4.69) is 10.2 Å². The van der Waals surface area contributed by atoms with E-state index >= 15 is 0 Å². The van der Waals surface area contributed by atoms with Crippen LogP contribution in [0.5, 0.6) is 0 Å². The highest BCUT2D eigenvalue weighted by atomic mass is 16.3. The van der Waals surface area contributed by atoms with E-state index in [1.165, 1.54) is 12.1 Å². The van der Waals surface area contributed by atoms with Crippen LogP contribution >= 0.6 is 0 Å². The number of amides is 1. The van der Waals surface area contributed by atoms with E-state index in [9.17, 15) is 14.7 Å². The van der Waals surface area contributed by atoms with E-state index in [4.69, 9.17) is 0 Å². The van der Waals surface area contributed by atoms with Crippen LogP contribution in [0.1, 0.15) is 36.7 Å². The number of aliphatic hydroxyl groups excluding tert-OH is 1. The maximum atomic E-state index is 12.2. The second-order valence-electron chi connectivity index (χ2n) is 4.69. The van der Waals surface area contributed by atoms with Gasteiger partial charge in [0.1, 0.15) is 5.69 Å². The Labute approximate surface area is 105 Å². The second kappa shape index (κ2) is 5.30. The average Bonchev–Trinajstić information content (AvgIpc) is 2.76. The van der Waals surface area contributed by atoms with Gasteiger partial charge in [0.25, 0.3) is 11.5 Å². The van der Waals surface area contributed by atoms with Crippen LogP contribution in [0.25, 0.3) is 0 Å². The number of aliphatic hydroxyl groups is 1. The van der Waals surface area contributed by atoms with Gasteiger partial charge in [-0.05, 0) is 32.3 Å². The Morgan fingerprint density at radius 1 is 1.67 bits per heavy atom. The molecule has 0 bridgehead atoms. The van der Waals surface area contributed by atoms with Crippen molar-refractivity contribution in [3.05, 3.63) is 28.2 Å². The number of likely N-dealkylation sites (tertiary alicyclic amines) is 1. The Balaban J connectivity index is 2.12. The van der Waals surface area contributed by atoms with Gasteiger partial charge in [0, 0.05) is 18.7 Å². The minimum absolute atomic E-state index is 0.0613. The standard InChI is InChI=1S/C12H17N3O3/c1-8(16)7-9-3-2-6-15(9)12(18)10-4-5-11(17)14-13-10/h4-5,8-9,16H,2-3,6-7H2,1H3,(H,14,17). The number of hydrogen-bond donors (Lipinski definition) is 2. The summed E-state index contributed by atoms with van der Waals surface area (Å²) in [6, 6.07) is 2.78. The number of nitrogens with one attached hydrogen (secondary N) is 1. The van der Waals surface area contributed by atoms with Crippen molar-refractivity contribution in [3.8, 4) is 0 Å². The number of aromatic nitrogens is 2. The van der Waals surface area contributed by atoms with Crippen LogP contribution in [0.2, 0.25) is 0 Å². The van der Waals surface area contributed by atoms with Gasteiger partial charge >= 0.3 is 0 Å². The number of rotatable bonds is 3. The minimum atomic E-state index is -0.424. The number of H-pyrrole nitrogens is 1. The summed E-state index contributed by atoms with van der Waals surface area (Å²) in [7, 11) is 0. The fraction of sp³-hybridized carbons (Fsp3) is 0.583. The molecule has 0 aliphatic carbocycles. The number of carbonyl (C=O) groups excluding carboxylic acids is 1. The molecule has 2 rings (SSSR count). The van der Waals surface area contributed by atoms with Gasteiger partial charge in [0.2, 0.25) is 0 Å². The van der Waals surface area contributed by atoms with Crippen LogP contribution in [0.3, 0.4) is 0 Å². The van der Waals surface area contributed by atoms with Gasteiger partial charge in [-0.15, -0.1) is 0 Å². The summed E-state index contributed by atoms with van der Waals surface area (Å²) < 4.78 is 0. The first-order valence-corrected chi connectivity index (χ1v) is 6.12. The summed E-state index contributed by atoms with van der Waals surface area (Å²) in [4.78, 5) is 24.8. The smallest absolute Gasteiger partial charge is 0.274 e. The molecule has 0 spiro atoms. The lowest BCUT2D eigenvalue weighted by Gasteiger charge is -2.25. The van der Waals surface area contributed by atoms with Gasteiger partial charge in [0.05, 0.1) is 6.10 Å². The molecule has 98 valence electrons. The van der Waals surface area contributed by atoms with E-state index < -0.39 is 6.10 Å². The lowest BCUT2D eigenvalue weighted by molar-refractivity contribution is 0.0675. The zero-order valence-electron chi connectivity index (χ0n) is 10.3. The summed E-state index contributed by atoms with van der Waals surface area (Å²) in [6.07, 6.45) is 1.99. The Kier molecular flexibility index (Phi) is 3.76. The van der Waals surface area contributed by atoms with Gasteiger partial charge in [-0.25, -0.2) is 5.10 Å². The zero-order valence-corrected chi connectivity index (χ0v) is 10.3. The Morgan fingerprint density at radius 2 is 2.44 bits per heavy atom. The lowest BCUT2D eigenvalue weighted by atomic mass is 10.1. The van der Waals surface area contributed by atoms with Crippen LogP contribution in [-0.4, -0.2) is 44.8 Å². The third-order valence-corrected chi connectivity index (χ3v) is 3.15. The lowest BCUT2D eigenvalue weighted by Crippen LogP contribution is -2.38. The van der Waals surface area contributed by atoms with Crippen LogP contribution in [0, 0.1) is 0 Å². The van der Waals surface area contributed by atoms with Gasteiger partial charge < -0.3 is 10.0 Å². The minimum Gasteiger partial charge on any atom is -0.393 e. The number of hydrogen-bond acceptors (Lipinski definition) is 4. The number of aromatic amines is 1. The van der Waals surface area contributed by atoms with Crippen molar-refractivity contribution in [2.75, 3.05) is 6.54 Å². The first-order valence-electron chi connectivity index (χ1n) is 6.12. The van der Waals surface area contributed by atoms with Crippen LogP contribution in [0.15, 0.2) is 16.9 Å². The first-order chi connectivity index (χ1) is 8.58. The number of nitrogens with zero attached hydrogens (tertiary/aromatic N) is 2. The molecule has 1 fully saturated rings. The SMILES string of the molecule is CC(O)CC1CCCN1C(=O)c1ccc(=O)[nH]n1. The molecule has 1 saturated heterocycles.